The first-order valence-corrected chi connectivity index (χ1v) is 8.76. The molecule has 1 N–H and O–H groups in total. The molecule has 1 unspecified atom stereocenters. The molecule has 0 aliphatic heterocycles. The molecule has 0 radical (unpaired) electrons. The van der Waals surface area contributed by atoms with Crippen molar-refractivity contribution in [3.05, 3.63) is 47.5 Å². The van der Waals surface area contributed by atoms with Gasteiger partial charge in [-0.3, -0.25) is 0 Å². The summed E-state index contributed by atoms with van der Waals surface area (Å²) in [5.41, 5.74) is 0.860. The molecule has 0 saturated heterocycles. The van der Waals surface area contributed by atoms with Crippen molar-refractivity contribution >= 4 is 40.2 Å². The van der Waals surface area contributed by atoms with E-state index in [0.717, 1.165) is 5.69 Å². The van der Waals surface area contributed by atoms with Crippen molar-refractivity contribution in [1.82, 2.24) is 15.2 Å². The molecule has 0 bridgehead atoms. The summed E-state index contributed by atoms with van der Waals surface area (Å²) in [6, 6.07) is 12.3. The average Bonchev–Trinajstić information content (AvgIpc) is 2.67. The van der Waals surface area contributed by atoms with Gasteiger partial charge in [0.1, 0.15) is 11.3 Å². The number of carboxylic acid groups (broad SMARTS) is 1. The summed E-state index contributed by atoms with van der Waals surface area (Å²) < 4.78 is 5.65. The Morgan fingerprint density at radius 2 is 1.89 bits per heavy atom. The Hall–Kier alpha value is -2.93. The van der Waals surface area contributed by atoms with E-state index in [1.54, 1.807) is 49.1 Å². The van der Waals surface area contributed by atoms with E-state index in [9.17, 15) is 9.90 Å². The number of fused-ring (bicyclic) bond motifs is 1. The molecule has 0 amide bonds. The van der Waals surface area contributed by atoms with Gasteiger partial charge in [-0.1, -0.05) is 18.5 Å². The van der Waals surface area contributed by atoms with Crippen LogP contribution in [0.15, 0.2) is 42.5 Å². The van der Waals surface area contributed by atoms with Crippen LogP contribution in [0.5, 0.6) is 5.75 Å². The van der Waals surface area contributed by atoms with Crippen molar-refractivity contribution in [2.45, 2.75) is 25.9 Å². The Kier molecular flexibility index (Phi) is 5.14. The zero-order chi connectivity index (χ0) is 19.6. The fourth-order valence-corrected chi connectivity index (χ4v) is 2.59. The van der Waals surface area contributed by atoms with E-state index in [0.29, 0.717) is 34.2 Å². The molecule has 3 rings (SSSR count). The highest BCUT2D eigenvalue weighted by Crippen LogP contribution is 2.27. The van der Waals surface area contributed by atoms with Gasteiger partial charge < -0.3 is 14.7 Å². The van der Waals surface area contributed by atoms with Crippen LogP contribution >= 0.6 is 11.6 Å². The summed E-state index contributed by atoms with van der Waals surface area (Å²) in [7, 11) is 1.82. The van der Waals surface area contributed by atoms with Crippen LogP contribution < -0.4 is 9.64 Å². The number of nitrogens with zero attached hydrogens (tertiary/aromatic N) is 4. The number of hydrogen-bond acceptors (Lipinski definition) is 6. The number of hydrogen-bond donors (Lipinski definition) is 1. The molecular weight excluding hydrogens is 368 g/mol. The number of carboxylic acids is 1. The van der Waals surface area contributed by atoms with Crippen LogP contribution in [0, 0.1) is 0 Å². The lowest BCUT2D eigenvalue weighted by atomic mass is 10.0. The van der Waals surface area contributed by atoms with Crippen LogP contribution in [0.3, 0.4) is 0 Å². The van der Waals surface area contributed by atoms with Crippen molar-refractivity contribution in [3.63, 3.8) is 0 Å². The Bertz CT molecular complexity index is 980. The van der Waals surface area contributed by atoms with Crippen LogP contribution in [-0.2, 0) is 4.79 Å². The van der Waals surface area contributed by atoms with E-state index in [4.69, 9.17) is 16.3 Å². The molecule has 3 aromatic rings. The predicted octanol–water partition coefficient (Wildman–Crippen LogP) is 4.08. The minimum absolute atomic E-state index is 0.352. The number of anilines is 2. The normalized spacial score (nSPS) is 13.2. The summed E-state index contributed by atoms with van der Waals surface area (Å²) >= 11 is 5.95. The highest BCUT2D eigenvalue weighted by molar-refractivity contribution is 6.31. The summed E-state index contributed by atoms with van der Waals surface area (Å²) in [6.45, 7) is 3.32. The zero-order valence-corrected chi connectivity index (χ0v) is 15.9. The molecular formula is C19H19ClN4O3. The van der Waals surface area contributed by atoms with E-state index in [1.807, 2.05) is 19.2 Å². The van der Waals surface area contributed by atoms with Gasteiger partial charge in [-0.15, -0.1) is 10.2 Å². The molecule has 1 atom stereocenters. The lowest BCUT2D eigenvalue weighted by Gasteiger charge is -2.25. The first kappa shape index (κ1) is 18.8. The van der Waals surface area contributed by atoms with Crippen LogP contribution in [0.25, 0.3) is 11.0 Å². The van der Waals surface area contributed by atoms with E-state index in [-0.39, 0.29) is 0 Å². The first-order chi connectivity index (χ1) is 12.8. The second-order valence-corrected chi connectivity index (χ2v) is 6.73. The van der Waals surface area contributed by atoms with Crippen molar-refractivity contribution in [1.29, 1.82) is 0 Å². The number of benzene rings is 2. The van der Waals surface area contributed by atoms with Gasteiger partial charge in [-0.2, -0.15) is 0 Å². The number of ether oxygens (including phenoxy) is 1. The molecule has 140 valence electrons. The molecule has 7 nitrogen and oxygen atoms in total. The largest absolute Gasteiger partial charge is 0.478 e. The second-order valence-electron chi connectivity index (χ2n) is 6.29. The third-order valence-corrected chi connectivity index (χ3v) is 4.63. The van der Waals surface area contributed by atoms with Gasteiger partial charge in [0.25, 0.3) is 0 Å². The maximum Gasteiger partial charge on any atom is 0.347 e. The van der Waals surface area contributed by atoms with Gasteiger partial charge in [0, 0.05) is 17.8 Å². The van der Waals surface area contributed by atoms with Gasteiger partial charge in [0.15, 0.2) is 0 Å². The number of halogens is 1. The topological polar surface area (TPSA) is 88.4 Å². The maximum atomic E-state index is 11.4. The van der Waals surface area contributed by atoms with Crippen LogP contribution in [0.1, 0.15) is 20.3 Å². The summed E-state index contributed by atoms with van der Waals surface area (Å²) in [5, 5.41) is 18.2. The standard InChI is InChI=1S/C19H19ClN4O3/c1-4-19(2,17(25)26)27-14-8-6-13(7-9-14)24(3)18-21-15-10-5-12(20)11-16(15)22-23-18/h5-11H,4H2,1-3H3,(H,25,26). The molecule has 0 fully saturated rings. The molecule has 1 heterocycles. The predicted molar refractivity (Wildman–Crippen MR) is 104 cm³/mol. The number of carbonyl (C=O) groups is 1. The van der Waals surface area contributed by atoms with Crippen LogP contribution in [0.2, 0.25) is 5.02 Å². The van der Waals surface area contributed by atoms with Crippen molar-refractivity contribution in [2.24, 2.45) is 0 Å². The number of aliphatic carboxylic acids is 1. The van der Waals surface area contributed by atoms with Crippen molar-refractivity contribution in [3.8, 4) is 5.75 Å². The summed E-state index contributed by atoms with van der Waals surface area (Å²) in [5.74, 6) is -0.0875. The molecule has 2 aromatic carbocycles. The Morgan fingerprint density at radius 3 is 2.52 bits per heavy atom. The fraction of sp³-hybridized carbons (Fsp3) is 0.263. The van der Waals surface area contributed by atoms with Crippen LogP contribution in [-0.4, -0.2) is 38.9 Å². The van der Waals surface area contributed by atoms with Gasteiger partial charge >= 0.3 is 5.97 Å². The highest BCUT2D eigenvalue weighted by atomic mass is 35.5. The zero-order valence-electron chi connectivity index (χ0n) is 15.2. The smallest absolute Gasteiger partial charge is 0.347 e. The second kappa shape index (κ2) is 7.36. The molecule has 8 heteroatoms. The van der Waals surface area contributed by atoms with E-state index in [2.05, 4.69) is 15.2 Å². The fourth-order valence-electron chi connectivity index (χ4n) is 2.42. The minimum Gasteiger partial charge on any atom is -0.478 e. The number of aromatic nitrogens is 3. The quantitative estimate of drug-likeness (QED) is 0.682. The molecule has 1 aromatic heterocycles. The Labute approximate surface area is 161 Å². The van der Waals surface area contributed by atoms with Gasteiger partial charge in [0.05, 0.1) is 5.52 Å². The van der Waals surface area contributed by atoms with E-state index < -0.39 is 11.6 Å². The minimum atomic E-state index is -1.26. The SMILES string of the molecule is CCC(C)(Oc1ccc(N(C)c2nnc3cc(Cl)ccc3n2)cc1)C(=O)O. The van der Waals surface area contributed by atoms with Crippen LogP contribution in [0.4, 0.5) is 11.6 Å². The van der Waals surface area contributed by atoms with E-state index >= 15 is 0 Å². The van der Waals surface area contributed by atoms with Gasteiger partial charge in [0.2, 0.25) is 11.5 Å². The Balaban J connectivity index is 1.82. The molecule has 0 aliphatic carbocycles. The van der Waals surface area contributed by atoms with Crippen molar-refractivity contribution < 1.29 is 14.6 Å². The first-order valence-electron chi connectivity index (χ1n) is 8.38. The Morgan fingerprint density at radius 1 is 1.19 bits per heavy atom. The van der Waals surface area contributed by atoms with E-state index in [1.165, 1.54) is 0 Å². The molecule has 0 spiro atoms. The molecule has 27 heavy (non-hydrogen) atoms. The monoisotopic (exact) mass is 386 g/mol. The third kappa shape index (κ3) is 3.93. The van der Waals surface area contributed by atoms with Gasteiger partial charge in [-0.05, 0) is 55.8 Å². The summed E-state index contributed by atoms with van der Waals surface area (Å²) in [6.07, 6.45) is 0.352. The highest BCUT2D eigenvalue weighted by Gasteiger charge is 2.33. The average molecular weight is 387 g/mol. The van der Waals surface area contributed by atoms with Gasteiger partial charge in [-0.25, -0.2) is 9.78 Å². The summed E-state index contributed by atoms with van der Waals surface area (Å²) in [4.78, 5) is 17.7. The number of rotatable bonds is 6. The maximum absolute atomic E-state index is 11.4. The lowest BCUT2D eigenvalue weighted by molar-refractivity contribution is -0.154. The van der Waals surface area contributed by atoms with Crippen molar-refractivity contribution in [2.75, 3.05) is 11.9 Å². The third-order valence-electron chi connectivity index (χ3n) is 4.40. The lowest BCUT2D eigenvalue weighted by Crippen LogP contribution is -2.40. The molecule has 0 aliphatic rings. The molecule has 0 saturated carbocycles.